The number of carbonyl (C=O) groups excluding carboxylic acids is 3. The molecule has 0 atom stereocenters. The summed E-state index contributed by atoms with van der Waals surface area (Å²) in [5.41, 5.74) is 16.0. The number of primary amides is 3. The lowest BCUT2D eigenvalue weighted by atomic mass is 10.2. The van der Waals surface area contributed by atoms with Gasteiger partial charge in [0.2, 0.25) is 17.7 Å². The summed E-state index contributed by atoms with van der Waals surface area (Å²) in [6, 6.07) is 0. The molecular formula is C12H18N4O3. The van der Waals surface area contributed by atoms with Crippen LogP contribution >= 0.6 is 0 Å². The summed E-state index contributed by atoms with van der Waals surface area (Å²) >= 11 is 0. The minimum atomic E-state index is -0.625. The molecule has 0 fully saturated rings. The van der Waals surface area contributed by atoms with Gasteiger partial charge in [-0.2, -0.15) is 0 Å². The van der Waals surface area contributed by atoms with E-state index in [2.05, 4.69) is 0 Å². The maximum absolute atomic E-state index is 11.0. The maximum atomic E-state index is 11.0. The molecule has 0 spiro atoms. The highest BCUT2D eigenvalue weighted by molar-refractivity contribution is 5.93. The molecule has 7 heteroatoms. The van der Waals surface area contributed by atoms with Gasteiger partial charge in [-0.25, -0.2) is 0 Å². The van der Waals surface area contributed by atoms with Crippen molar-refractivity contribution in [1.82, 2.24) is 4.90 Å². The first-order chi connectivity index (χ1) is 8.65. The average Bonchev–Trinajstić information content (AvgIpc) is 2.27. The van der Waals surface area contributed by atoms with Crippen LogP contribution in [0.3, 0.4) is 0 Å². The Kier molecular flexibility index (Phi) is 6.05. The molecule has 104 valence electrons. The molecule has 0 aromatic heterocycles. The molecule has 0 aliphatic rings. The molecule has 0 bridgehead atoms. The number of carbonyl (C=O) groups is 3. The molecule has 0 radical (unpaired) electrons. The minimum absolute atomic E-state index is 0.238. The van der Waals surface area contributed by atoms with Gasteiger partial charge in [0.15, 0.2) is 0 Å². The van der Waals surface area contributed by atoms with E-state index in [4.69, 9.17) is 17.2 Å². The summed E-state index contributed by atoms with van der Waals surface area (Å²) in [6.45, 7) is 4.49. The second kappa shape index (κ2) is 7.00. The lowest BCUT2D eigenvalue weighted by Gasteiger charge is -2.13. The van der Waals surface area contributed by atoms with E-state index >= 15 is 0 Å². The average molecular weight is 266 g/mol. The first kappa shape index (κ1) is 16.4. The van der Waals surface area contributed by atoms with E-state index in [-0.39, 0.29) is 16.7 Å². The molecule has 0 unspecified atom stereocenters. The third-order valence-corrected chi connectivity index (χ3v) is 2.19. The number of nitrogens with two attached hydrogens (primary N) is 3. The van der Waals surface area contributed by atoms with Gasteiger partial charge in [0, 0.05) is 35.3 Å². The van der Waals surface area contributed by atoms with E-state index < -0.39 is 17.7 Å². The van der Waals surface area contributed by atoms with E-state index in [1.54, 1.807) is 0 Å². The molecule has 6 N–H and O–H groups in total. The molecule has 0 saturated carbocycles. The zero-order valence-corrected chi connectivity index (χ0v) is 11.1. The SMILES string of the molecule is CC(=CN(C=C(C)C(N)=O)C=C(C)C(N)=O)C(N)=O. The van der Waals surface area contributed by atoms with Crippen molar-refractivity contribution in [1.29, 1.82) is 0 Å². The van der Waals surface area contributed by atoms with Gasteiger partial charge in [-0.15, -0.1) is 0 Å². The second-order valence-electron chi connectivity index (χ2n) is 3.98. The standard InChI is InChI=1S/C12H18N4O3/c1-7(10(13)17)4-16(5-8(2)11(14)18)6-9(3)12(15)19/h4-6H,1-3H3,(H2,13,17)(H2,14,18)(H2,15,19). The molecule has 0 aromatic carbocycles. The van der Waals surface area contributed by atoms with Gasteiger partial charge in [-0.3, -0.25) is 14.4 Å². The number of hydrogen-bond acceptors (Lipinski definition) is 4. The van der Waals surface area contributed by atoms with E-state index in [9.17, 15) is 14.4 Å². The van der Waals surface area contributed by atoms with Gasteiger partial charge in [-0.05, 0) is 20.8 Å². The molecule has 0 aliphatic carbocycles. The third-order valence-electron chi connectivity index (χ3n) is 2.19. The molecule has 0 aromatic rings. The number of amides is 3. The van der Waals surface area contributed by atoms with Gasteiger partial charge >= 0.3 is 0 Å². The van der Waals surface area contributed by atoms with Gasteiger partial charge in [0.25, 0.3) is 0 Å². The minimum Gasteiger partial charge on any atom is -0.366 e. The van der Waals surface area contributed by atoms with E-state index in [0.717, 1.165) is 0 Å². The van der Waals surface area contributed by atoms with Crippen LogP contribution in [0.1, 0.15) is 20.8 Å². The number of hydrogen-bond donors (Lipinski definition) is 3. The van der Waals surface area contributed by atoms with Crippen molar-refractivity contribution in [3.63, 3.8) is 0 Å². The predicted octanol–water partition coefficient (Wildman–Crippen LogP) is -0.544. The van der Waals surface area contributed by atoms with Crippen molar-refractivity contribution >= 4 is 17.7 Å². The summed E-state index contributed by atoms with van der Waals surface area (Å²) in [7, 11) is 0. The number of nitrogens with zero attached hydrogens (tertiary/aromatic N) is 1. The summed E-state index contributed by atoms with van der Waals surface area (Å²) in [5, 5.41) is 0. The lowest BCUT2D eigenvalue weighted by molar-refractivity contribution is -0.115. The summed E-state index contributed by atoms with van der Waals surface area (Å²) in [5.74, 6) is -1.87. The molecule has 3 amide bonds. The molecule has 0 rings (SSSR count). The van der Waals surface area contributed by atoms with Crippen LogP contribution in [-0.2, 0) is 14.4 Å². The predicted molar refractivity (Wildman–Crippen MR) is 70.7 cm³/mol. The highest BCUT2D eigenvalue weighted by atomic mass is 16.2. The van der Waals surface area contributed by atoms with Crippen molar-refractivity contribution in [2.45, 2.75) is 20.8 Å². The Morgan fingerprint density at radius 3 is 1.05 bits per heavy atom. The molecule has 0 aliphatic heterocycles. The second-order valence-corrected chi connectivity index (χ2v) is 3.98. The third kappa shape index (κ3) is 6.06. The van der Waals surface area contributed by atoms with Crippen molar-refractivity contribution in [3.05, 3.63) is 35.3 Å². The molecular weight excluding hydrogens is 248 g/mol. The van der Waals surface area contributed by atoms with Gasteiger partial charge in [0.1, 0.15) is 0 Å². The zero-order chi connectivity index (χ0) is 15.2. The van der Waals surface area contributed by atoms with Crippen LogP contribution < -0.4 is 17.2 Å². The molecule has 19 heavy (non-hydrogen) atoms. The normalized spacial score (nSPS) is 13.1. The molecule has 0 heterocycles. The Morgan fingerprint density at radius 1 is 0.684 bits per heavy atom. The Bertz CT molecular complexity index is 418. The van der Waals surface area contributed by atoms with Crippen molar-refractivity contribution in [2.24, 2.45) is 17.2 Å². The van der Waals surface area contributed by atoms with Crippen LogP contribution in [0.25, 0.3) is 0 Å². The first-order valence-corrected chi connectivity index (χ1v) is 5.37. The van der Waals surface area contributed by atoms with Gasteiger partial charge in [0.05, 0.1) is 0 Å². The van der Waals surface area contributed by atoms with Crippen LogP contribution in [0.2, 0.25) is 0 Å². The van der Waals surface area contributed by atoms with Gasteiger partial charge in [-0.1, -0.05) is 0 Å². The Hall–Kier alpha value is -2.57. The maximum Gasteiger partial charge on any atom is 0.245 e. The Balaban J connectivity index is 5.52. The summed E-state index contributed by atoms with van der Waals surface area (Å²) in [6.07, 6.45) is 4.09. The van der Waals surface area contributed by atoms with E-state index in [0.29, 0.717) is 0 Å². The smallest absolute Gasteiger partial charge is 0.245 e. The van der Waals surface area contributed by atoms with Crippen molar-refractivity contribution in [2.75, 3.05) is 0 Å². The Morgan fingerprint density at radius 2 is 0.895 bits per heavy atom. The molecule has 7 nitrogen and oxygen atoms in total. The largest absolute Gasteiger partial charge is 0.366 e. The van der Waals surface area contributed by atoms with Crippen LogP contribution in [0, 0.1) is 0 Å². The number of rotatable bonds is 6. The fraction of sp³-hybridized carbons (Fsp3) is 0.250. The lowest BCUT2D eigenvalue weighted by Crippen LogP contribution is -2.19. The van der Waals surface area contributed by atoms with Crippen molar-refractivity contribution < 1.29 is 14.4 Å². The fourth-order valence-corrected chi connectivity index (χ4v) is 0.973. The van der Waals surface area contributed by atoms with Crippen molar-refractivity contribution in [3.8, 4) is 0 Å². The quantitative estimate of drug-likeness (QED) is 0.556. The first-order valence-electron chi connectivity index (χ1n) is 5.37. The highest BCUT2D eigenvalue weighted by Crippen LogP contribution is 2.06. The molecule has 0 saturated heterocycles. The van der Waals surface area contributed by atoms with Crippen LogP contribution in [0.4, 0.5) is 0 Å². The zero-order valence-electron chi connectivity index (χ0n) is 11.1. The van der Waals surface area contributed by atoms with E-state index in [1.165, 1.54) is 44.3 Å². The highest BCUT2D eigenvalue weighted by Gasteiger charge is 2.05. The Labute approximate surface area is 111 Å². The summed E-state index contributed by atoms with van der Waals surface area (Å²) in [4.78, 5) is 34.3. The van der Waals surface area contributed by atoms with Gasteiger partial charge < -0.3 is 22.1 Å². The van der Waals surface area contributed by atoms with Crippen LogP contribution in [-0.4, -0.2) is 22.6 Å². The fourth-order valence-electron chi connectivity index (χ4n) is 0.973. The monoisotopic (exact) mass is 266 g/mol. The van der Waals surface area contributed by atoms with E-state index in [1.807, 2.05) is 0 Å². The summed E-state index contributed by atoms with van der Waals surface area (Å²) < 4.78 is 0. The van der Waals surface area contributed by atoms with Crippen LogP contribution in [0.5, 0.6) is 0 Å². The van der Waals surface area contributed by atoms with Crippen LogP contribution in [0.15, 0.2) is 35.3 Å². The topological polar surface area (TPSA) is 133 Å².